The maximum absolute atomic E-state index is 11.6. The molecule has 0 atom stereocenters. The summed E-state index contributed by atoms with van der Waals surface area (Å²) in [6, 6.07) is 1.72. The number of amides is 1. The Hall–Kier alpha value is -1.10. The Morgan fingerprint density at radius 2 is 2.44 bits per heavy atom. The molecule has 16 heavy (non-hydrogen) atoms. The molecule has 4 nitrogen and oxygen atoms in total. The monoisotopic (exact) mass is 284 g/mol. The topological polar surface area (TPSA) is 51.2 Å². The average molecular weight is 285 g/mol. The largest absolute Gasteiger partial charge is 0.477 e. The lowest BCUT2D eigenvalue weighted by Gasteiger charge is -2.09. The van der Waals surface area contributed by atoms with Crippen LogP contribution in [0.15, 0.2) is 16.7 Å². The molecule has 0 unspecified atom stereocenters. The number of nitrogens with one attached hydrogen (secondary N) is 1. The van der Waals surface area contributed by atoms with Crippen molar-refractivity contribution < 1.29 is 9.53 Å². The third kappa shape index (κ3) is 2.72. The fourth-order valence-corrected chi connectivity index (χ4v) is 1.65. The minimum absolute atomic E-state index is 0.181. The van der Waals surface area contributed by atoms with Crippen LogP contribution in [-0.2, 0) is 0 Å². The number of hydrogen-bond acceptors (Lipinski definition) is 3. The Labute approximate surface area is 103 Å². The number of carbonyl (C=O) groups is 1. The van der Waals surface area contributed by atoms with E-state index >= 15 is 0 Å². The summed E-state index contributed by atoms with van der Waals surface area (Å²) in [6.07, 6.45) is 4.06. The van der Waals surface area contributed by atoms with E-state index in [1.54, 1.807) is 19.3 Å². The smallest absolute Gasteiger partial charge is 0.256 e. The second kappa shape index (κ2) is 4.82. The van der Waals surface area contributed by atoms with Gasteiger partial charge in [-0.15, -0.1) is 0 Å². The van der Waals surface area contributed by atoms with Gasteiger partial charge in [0.15, 0.2) is 0 Å². The first-order valence-corrected chi connectivity index (χ1v) is 6.00. The van der Waals surface area contributed by atoms with E-state index in [-0.39, 0.29) is 5.91 Å². The van der Waals surface area contributed by atoms with Gasteiger partial charge in [-0.25, -0.2) is 4.98 Å². The van der Waals surface area contributed by atoms with Gasteiger partial charge in [0, 0.05) is 17.7 Å². The van der Waals surface area contributed by atoms with Crippen molar-refractivity contribution in [2.24, 2.45) is 5.92 Å². The van der Waals surface area contributed by atoms with E-state index in [2.05, 4.69) is 26.2 Å². The van der Waals surface area contributed by atoms with Gasteiger partial charge in [-0.05, 0) is 40.8 Å². The minimum atomic E-state index is -0.181. The molecular formula is C11H13BrN2O2. The van der Waals surface area contributed by atoms with Crippen LogP contribution in [0, 0.1) is 5.92 Å². The van der Waals surface area contributed by atoms with Gasteiger partial charge in [0.05, 0.1) is 6.61 Å². The van der Waals surface area contributed by atoms with E-state index < -0.39 is 0 Å². The van der Waals surface area contributed by atoms with Gasteiger partial charge in [0.1, 0.15) is 5.56 Å². The number of rotatable bonds is 4. The van der Waals surface area contributed by atoms with Crippen LogP contribution in [0.4, 0.5) is 0 Å². The predicted molar refractivity (Wildman–Crippen MR) is 63.5 cm³/mol. The Morgan fingerprint density at radius 3 is 3.06 bits per heavy atom. The Kier molecular flexibility index (Phi) is 3.43. The van der Waals surface area contributed by atoms with E-state index in [1.807, 2.05) is 0 Å². The first-order chi connectivity index (χ1) is 7.70. The van der Waals surface area contributed by atoms with Crippen molar-refractivity contribution in [3.63, 3.8) is 0 Å². The maximum atomic E-state index is 11.6. The van der Waals surface area contributed by atoms with Gasteiger partial charge in [-0.1, -0.05) is 0 Å². The molecule has 1 aliphatic rings. The number of halogens is 1. The highest BCUT2D eigenvalue weighted by Crippen LogP contribution is 2.30. The van der Waals surface area contributed by atoms with Crippen LogP contribution in [0.2, 0.25) is 0 Å². The lowest BCUT2D eigenvalue weighted by Crippen LogP contribution is -2.19. The van der Waals surface area contributed by atoms with Crippen molar-refractivity contribution in [1.82, 2.24) is 10.3 Å². The fraction of sp³-hybridized carbons (Fsp3) is 0.455. The Morgan fingerprint density at radius 1 is 1.69 bits per heavy atom. The van der Waals surface area contributed by atoms with E-state index in [4.69, 9.17) is 4.74 Å². The highest BCUT2D eigenvalue weighted by molar-refractivity contribution is 9.10. The molecule has 1 saturated carbocycles. The van der Waals surface area contributed by atoms with E-state index in [9.17, 15) is 4.79 Å². The number of nitrogens with zero attached hydrogens (tertiary/aromatic N) is 1. The molecule has 86 valence electrons. The number of aromatic nitrogens is 1. The van der Waals surface area contributed by atoms with Crippen LogP contribution < -0.4 is 10.1 Å². The third-order valence-electron chi connectivity index (χ3n) is 2.44. The summed E-state index contributed by atoms with van der Waals surface area (Å²) in [5.41, 5.74) is 0.470. The highest BCUT2D eigenvalue weighted by atomic mass is 79.9. The van der Waals surface area contributed by atoms with Gasteiger partial charge in [0.2, 0.25) is 5.88 Å². The molecule has 1 aromatic heterocycles. The molecule has 1 aliphatic carbocycles. The van der Waals surface area contributed by atoms with Crippen LogP contribution in [0.1, 0.15) is 23.2 Å². The minimum Gasteiger partial charge on any atom is -0.477 e. The zero-order valence-electron chi connectivity index (χ0n) is 9.00. The van der Waals surface area contributed by atoms with Gasteiger partial charge in [-0.2, -0.15) is 0 Å². The molecule has 0 aliphatic heterocycles. The van der Waals surface area contributed by atoms with Crippen LogP contribution in [0.5, 0.6) is 5.88 Å². The molecule has 1 N–H and O–H groups in total. The number of carbonyl (C=O) groups excluding carboxylic acids is 1. The average Bonchev–Trinajstić information content (AvgIpc) is 3.10. The lowest BCUT2D eigenvalue weighted by atomic mass is 10.2. The zero-order valence-corrected chi connectivity index (χ0v) is 10.6. The second-order valence-electron chi connectivity index (χ2n) is 3.84. The molecule has 0 saturated heterocycles. The van der Waals surface area contributed by atoms with Crippen LogP contribution >= 0.6 is 15.9 Å². The summed E-state index contributed by atoms with van der Waals surface area (Å²) in [7, 11) is 1.59. The van der Waals surface area contributed by atoms with Crippen molar-refractivity contribution in [2.75, 3.05) is 13.7 Å². The summed E-state index contributed by atoms with van der Waals surface area (Å²) < 4.78 is 6.31. The number of hydrogen-bond donors (Lipinski definition) is 1. The quantitative estimate of drug-likeness (QED) is 0.920. The Bertz CT molecular complexity index is 405. The lowest BCUT2D eigenvalue weighted by molar-refractivity contribution is 0.0957. The normalized spacial score (nSPS) is 14.6. The van der Waals surface area contributed by atoms with Gasteiger partial charge >= 0.3 is 0 Å². The molecule has 5 heteroatoms. The Balaban J connectivity index is 2.16. The molecule has 2 rings (SSSR count). The van der Waals surface area contributed by atoms with Gasteiger partial charge < -0.3 is 10.1 Å². The summed E-state index contributed by atoms with van der Waals surface area (Å²) in [5.74, 6) is 0.872. The van der Waals surface area contributed by atoms with E-state index in [1.165, 1.54) is 12.8 Å². The van der Waals surface area contributed by atoms with Gasteiger partial charge in [0.25, 0.3) is 5.91 Å². The van der Waals surface area contributed by atoms with Crippen molar-refractivity contribution in [3.8, 4) is 5.88 Å². The van der Waals surface area contributed by atoms with Crippen LogP contribution in [-0.4, -0.2) is 24.5 Å². The molecule has 0 aromatic carbocycles. The van der Waals surface area contributed by atoms with E-state index in [0.717, 1.165) is 4.47 Å². The number of ether oxygens (including phenoxy) is 1. The van der Waals surface area contributed by atoms with E-state index in [0.29, 0.717) is 24.0 Å². The molecule has 1 aromatic rings. The molecule has 0 spiro atoms. The van der Waals surface area contributed by atoms with Crippen LogP contribution in [0.3, 0.4) is 0 Å². The zero-order chi connectivity index (χ0) is 11.5. The van der Waals surface area contributed by atoms with Crippen molar-refractivity contribution in [1.29, 1.82) is 0 Å². The first kappa shape index (κ1) is 11.4. The van der Waals surface area contributed by atoms with Crippen molar-refractivity contribution in [3.05, 3.63) is 22.3 Å². The van der Waals surface area contributed by atoms with Gasteiger partial charge in [-0.3, -0.25) is 4.79 Å². The SMILES string of the molecule is CNC(=O)c1cc(Br)cnc1OCC1CC1. The van der Waals surface area contributed by atoms with Crippen molar-refractivity contribution in [2.45, 2.75) is 12.8 Å². The predicted octanol–water partition coefficient (Wildman–Crippen LogP) is 1.99. The summed E-state index contributed by atoms with van der Waals surface area (Å²) in [6.45, 7) is 0.651. The first-order valence-electron chi connectivity index (χ1n) is 5.21. The molecule has 1 amide bonds. The molecule has 1 heterocycles. The van der Waals surface area contributed by atoms with Crippen molar-refractivity contribution >= 4 is 21.8 Å². The van der Waals surface area contributed by atoms with Crippen LogP contribution in [0.25, 0.3) is 0 Å². The molecule has 0 bridgehead atoms. The molecule has 0 radical (unpaired) electrons. The fourth-order valence-electron chi connectivity index (χ4n) is 1.32. The highest BCUT2D eigenvalue weighted by Gasteiger charge is 2.23. The second-order valence-corrected chi connectivity index (χ2v) is 4.76. The summed E-state index contributed by atoms with van der Waals surface area (Å²) >= 11 is 3.29. The summed E-state index contributed by atoms with van der Waals surface area (Å²) in [4.78, 5) is 15.7. The summed E-state index contributed by atoms with van der Waals surface area (Å²) in [5, 5.41) is 2.57. The molecular weight excluding hydrogens is 272 g/mol. The third-order valence-corrected chi connectivity index (χ3v) is 2.88. The maximum Gasteiger partial charge on any atom is 0.256 e. The number of pyridine rings is 1. The molecule has 1 fully saturated rings. The standard InChI is InChI=1S/C11H13BrN2O2/c1-13-10(15)9-4-8(12)5-14-11(9)16-6-7-2-3-7/h4-5,7H,2-3,6H2,1H3,(H,13,15).